The van der Waals surface area contributed by atoms with Crippen LogP contribution < -0.4 is 15.8 Å². The number of carbonyl (C=O) groups is 1. The first-order valence-electron chi connectivity index (χ1n) is 6.44. The molecule has 5 nitrogen and oxygen atoms in total. The third-order valence-corrected chi connectivity index (χ3v) is 3.69. The summed E-state index contributed by atoms with van der Waals surface area (Å²) in [5.41, 5.74) is 6.10. The molecule has 2 aliphatic rings. The van der Waals surface area contributed by atoms with Crippen molar-refractivity contribution >= 4 is 29.9 Å². The fraction of sp³-hybridized carbons (Fsp3) is 0.538. The van der Waals surface area contributed by atoms with Crippen molar-refractivity contribution in [1.29, 1.82) is 0 Å². The predicted molar refractivity (Wildman–Crippen MR) is 78.6 cm³/mol. The van der Waals surface area contributed by atoms with E-state index < -0.39 is 0 Å². The number of amides is 1. The van der Waals surface area contributed by atoms with Gasteiger partial charge in [0, 0.05) is 6.04 Å². The van der Waals surface area contributed by atoms with E-state index in [0.717, 1.165) is 25.7 Å². The molecule has 2 fully saturated rings. The van der Waals surface area contributed by atoms with Crippen molar-refractivity contribution in [3.05, 3.63) is 23.0 Å². The molecule has 1 amide bonds. The SMILES string of the molecule is Cl.NC1(COc2cnc(Cl)c(C(=O)NC3CC3)c2)CC1. The van der Waals surface area contributed by atoms with Crippen molar-refractivity contribution in [2.75, 3.05) is 6.61 Å². The molecular weight excluding hydrogens is 301 g/mol. The Morgan fingerprint density at radius 3 is 2.85 bits per heavy atom. The first kappa shape index (κ1) is 15.4. The van der Waals surface area contributed by atoms with E-state index in [-0.39, 0.29) is 35.0 Å². The van der Waals surface area contributed by atoms with Crippen LogP contribution in [-0.2, 0) is 0 Å². The van der Waals surface area contributed by atoms with Gasteiger partial charge >= 0.3 is 0 Å². The minimum absolute atomic E-state index is 0. The summed E-state index contributed by atoms with van der Waals surface area (Å²) >= 11 is 5.95. The molecule has 0 aromatic carbocycles. The molecule has 1 heterocycles. The van der Waals surface area contributed by atoms with Gasteiger partial charge in [-0.1, -0.05) is 11.6 Å². The van der Waals surface area contributed by atoms with E-state index in [2.05, 4.69) is 10.3 Å². The molecule has 0 radical (unpaired) electrons. The molecule has 110 valence electrons. The number of halogens is 2. The Morgan fingerprint density at radius 2 is 2.25 bits per heavy atom. The average Bonchev–Trinajstić information content (AvgIpc) is 3.28. The number of hydrogen-bond donors (Lipinski definition) is 2. The largest absolute Gasteiger partial charge is 0.490 e. The van der Waals surface area contributed by atoms with Gasteiger partial charge in [-0.05, 0) is 31.7 Å². The second-order valence-electron chi connectivity index (χ2n) is 5.41. The Hall–Kier alpha value is -1.04. The molecule has 0 spiro atoms. The molecule has 2 saturated carbocycles. The second kappa shape index (κ2) is 5.76. The molecule has 0 bridgehead atoms. The van der Waals surface area contributed by atoms with Crippen molar-refractivity contribution < 1.29 is 9.53 Å². The first-order valence-corrected chi connectivity index (χ1v) is 6.82. The molecule has 0 unspecified atom stereocenters. The molecule has 0 aliphatic heterocycles. The fourth-order valence-electron chi connectivity index (χ4n) is 1.69. The maximum absolute atomic E-state index is 12.0. The summed E-state index contributed by atoms with van der Waals surface area (Å²) in [7, 11) is 0. The van der Waals surface area contributed by atoms with Crippen LogP contribution in [-0.4, -0.2) is 29.1 Å². The van der Waals surface area contributed by atoms with Gasteiger partial charge in [0.1, 0.15) is 17.5 Å². The van der Waals surface area contributed by atoms with Gasteiger partial charge in [0.05, 0.1) is 17.3 Å². The minimum Gasteiger partial charge on any atom is -0.490 e. The van der Waals surface area contributed by atoms with Gasteiger partial charge in [-0.15, -0.1) is 12.4 Å². The Labute approximate surface area is 128 Å². The quantitative estimate of drug-likeness (QED) is 0.813. The molecule has 1 aromatic heterocycles. The Kier molecular flexibility index (Phi) is 4.42. The predicted octanol–water partition coefficient (Wildman–Crippen LogP) is 1.92. The molecule has 2 aliphatic carbocycles. The summed E-state index contributed by atoms with van der Waals surface area (Å²) in [6.07, 6.45) is 5.53. The van der Waals surface area contributed by atoms with Crippen LogP contribution in [0.3, 0.4) is 0 Å². The van der Waals surface area contributed by atoms with Gasteiger partial charge in [0.15, 0.2) is 0 Å². The molecule has 3 N–H and O–H groups in total. The zero-order valence-electron chi connectivity index (χ0n) is 10.9. The normalized spacial score (nSPS) is 18.9. The van der Waals surface area contributed by atoms with E-state index in [0.29, 0.717) is 17.9 Å². The number of pyridine rings is 1. The van der Waals surface area contributed by atoms with Crippen molar-refractivity contribution in [1.82, 2.24) is 10.3 Å². The summed E-state index contributed by atoms with van der Waals surface area (Å²) in [6.45, 7) is 0.444. The maximum atomic E-state index is 12.0. The number of nitrogens with one attached hydrogen (secondary N) is 1. The van der Waals surface area contributed by atoms with Crippen molar-refractivity contribution in [2.24, 2.45) is 5.73 Å². The number of aromatic nitrogens is 1. The van der Waals surface area contributed by atoms with E-state index in [1.165, 1.54) is 6.20 Å². The molecule has 1 aromatic rings. The molecule has 0 atom stereocenters. The van der Waals surface area contributed by atoms with Gasteiger partial charge in [0.2, 0.25) is 0 Å². The molecule has 0 saturated heterocycles. The van der Waals surface area contributed by atoms with Gasteiger partial charge in [0.25, 0.3) is 5.91 Å². The Morgan fingerprint density at radius 1 is 1.55 bits per heavy atom. The topological polar surface area (TPSA) is 77.2 Å². The van der Waals surface area contributed by atoms with Gasteiger partial charge in [-0.2, -0.15) is 0 Å². The van der Waals surface area contributed by atoms with Crippen LogP contribution in [0, 0.1) is 0 Å². The highest BCUT2D eigenvalue weighted by molar-refractivity contribution is 6.32. The van der Waals surface area contributed by atoms with Crippen LogP contribution in [0.5, 0.6) is 5.75 Å². The monoisotopic (exact) mass is 317 g/mol. The number of rotatable bonds is 5. The maximum Gasteiger partial charge on any atom is 0.254 e. The van der Waals surface area contributed by atoms with Crippen LogP contribution in [0.2, 0.25) is 5.15 Å². The van der Waals surface area contributed by atoms with Crippen LogP contribution >= 0.6 is 24.0 Å². The lowest BCUT2D eigenvalue weighted by atomic mass is 10.2. The van der Waals surface area contributed by atoms with Crippen LogP contribution in [0.1, 0.15) is 36.0 Å². The molecule has 7 heteroatoms. The second-order valence-corrected chi connectivity index (χ2v) is 5.77. The lowest BCUT2D eigenvalue weighted by molar-refractivity contribution is 0.0950. The van der Waals surface area contributed by atoms with Crippen LogP contribution in [0.25, 0.3) is 0 Å². The third kappa shape index (κ3) is 3.75. The molecule has 3 rings (SSSR count). The average molecular weight is 318 g/mol. The van der Waals surface area contributed by atoms with Crippen LogP contribution in [0.15, 0.2) is 12.3 Å². The Bertz CT molecular complexity index is 516. The molecular formula is C13H17Cl2N3O2. The lowest BCUT2D eigenvalue weighted by Gasteiger charge is -2.12. The first-order chi connectivity index (χ1) is 9.06. The van der Waals surface area contributed by atoms with Crippen LogP contribution in [0.4, 0.5) is 0 Å². The highest BCUT2D eigenvalue weighted by Gasteiger charge is 2.39. The third-order valence-electron chi connectivity index (χ3n) is 3.39. The van der Waals surface area contributed by atoms with Gasteiger partial charge in [-0.3, -0.25) is 4.79 Å². The fourth-order valence-corrected chi connectivity index (χ4v) is 1.88. The summed E-state index contributed by atoms with van der Waals surface area (Å²) < 4.78 is 5.57. The number of carbonyl (C=O) groups excluding carboxylic acids is 1. The summed E-state index contributed by atoms with van der Waals surface area (Å²) in [5, 5.41) is 3.07. The standard InChI is InChI=1S/C13H16ClN3O2.ClH/c14-11-10(12(18)17-8-1-2-8)5-9(6-16-11)19-7-13(15)3-4-13;/h5-6,8H,1-4,7,15H2,(H,17,18);1H. The summed E-state index contributed by atoms with van der Waals surface area (Å²) in [4.78, 5) is 16.0. The number of hydrogen-bond acceptors (Lipinski definition) is 4. The van der Waals surface area contributed by atoms with Gasteiger partial charge < -0.3 is 15.8 Å². The highest BCUT2D eigenvalue weighted by Crippen LogP contribution is 2.33. The smallest absolute Gasteiger partial charge is 0.254 e. The number of ether oxygens (including phenoxy) is 1. The van der Waals surface area contributed by atoms with Crippen molar-refractivity contribution in [3.63, 3.8) is 0 Å². The summed E-state index contributed by atoms with van der Waals surface area (Å²) in [5.74, 6) is 0.335. The van der Waals surface area contributed by atoms with E-state index >= 15 is 0 Å². The van der Waals surface area contributed by atoms with E-state index in [4.69, 9.17) is 22.1 Å². The van der Waals surface area contributed by atoms with E-state index in [1.54, 1.807) is 6.07 Å². The van der Waals surface area contributed by atoms with E-state index in [9.17, 15) is 4.79 Å². The zero-order valence-corrected chi connectivity index (χ0v) is 12.5. The lowest BCUT2D eigenvalue weighted by Crippen LogP contribution is -2.30. The number of nitrogens with two attached hydrogens (primary N) is 1. The molecule has 20 heavy (non-hydrogen) atoms. The van der Waals surface area contributed by atoms with Crippen molar-refractivity contribution in [3.8, 4) is 5.75 Å². The number of nitrogens with zero attached hydrogens (tertiary/aromatic N) is 1. The minimum atomic E-state index is -0.198. The zero-order chi connectivity index (χ0) is 13.5. The van der Waals surface area contributed by atoms with E-state index in [1.807, 2.05) is 0 Å². The summed E-state index contributed by atoms with van der Waals surface area (Å²) in [6, 6.07) is 1.91. The van der Waals surface area contributed by atoms with Gasteiger partial charge in [-0.25, -0.2) is 4.98 Å². The Balaban J connectivity index is 0.00000147. The highest BCUT2D eigenvalue weighted by atomic mass is 35.5. The van der Waals surface area contributed by atoms with Crippen molar-refractivity contribution in [2.45, 2.75) is 37.3 Å².